The van der Waals surface area contributed by atoms with Crippen molar-refractivity contribution in [3.05, 3.63) is 24.4 Å². The molecule has 0 radical (unpaired) electrons. The fraction of sp³-hybridized carbons (Fsp3) is 0.600. The molecule has 0 saturated carbocycles. The SMILES string of the molecule is CCNC(=NCCCCNc1ccccn1)NC(C)C. The van der Waals surface area contributed by atoms with Gasteiger partial charge in [-0.05, 0) is 45.7 Å². The highest BCUT2D eigenvalue weighted by atomic mass is 15.2. The molecule has 0 saturated heterocycles. The monoisotopic (exact) mass is 277 g/mol. The summed E-state index contributed by atoms with van der Waals surface area (Å²) in [6.45, 7) is 8.97. The Balaban J connectivity index is 2.15. The Kier molecular flexibility index (Phi) is 8.19. The average Bonchev–Trinajstić information content (AvgIpc) is 2.43. The molecule has 20 heavy (non-hydrogen) atoms. The van der Waals surface area contributed by atoms with Crippen LogP contribution < -0.4 is 16.0 Å². The van der Waals surface area contributed by atoms with E-state index in [-0.39, 0.29) is 0 Å². The fourth-order valence-electron chi connectivity index (χ4n) is 1.70. The average molecular weight is 277 g/mol. The second-order valence-electron chi connectivity index (χ2n) is 4.91. The summed E-state index contributed by atoms with van der Waals surface area (Å²) < 4.78 is 0. The molecule has 0 spiro atoms. The van der Waals surface area contributed by atoms with Gasteiger partial charge >= 0.3 is 0 Å². The van der Waals surface area contributed by atoms with Crippen LogP contribution in [0.1, 0.15) is 33.6 Å². The molecule has 112 valence electrons. The summed E-state index contributed by atoms with van der Waals surface area (Å²) in [5.41, 5.74) is 0. The first-order valence-corrected chi connectivity index (χ1v) is 7.42. The number of pyridine rings is 1. The predicted octanol–water partition coefficient (Wildman–Crippen LogP) is 2.24. The molecule has 1 aromatic heterocycles. The van der Waals surface area contributed by atoms with Gasteiger partial charge in [-0.25, -0.2) is 4.98 Å². The number of unbranched alkanes of at least 4 members (excludes halogenated alkanes) is 1. The Bertz CT molecular complexity index is 375. The lowest BCUT2D eigenvalue weighted by molar-refractivity contribution is 0.693. The summed E-state index contributed by atoms with van der Waals surface area (Å²) in [6, 6.07) is 6.29. The van der Waals surface area contributed by atoms with Gasteiger partial charge in [-0.2, -0.15) is 0 Å². The van der Waals surface area contributed by atoms with E-state index < -0.39 is 0 Å². The first kappa shape index (κ1) is 16.3. The minimum Gasteiger partial charge on any atom is -0.370 e. The third-order valence-electron chi connectivity index (χ3n) is 2.60. The maximum Gasteiger partial charge on any atom is 0.191 e. The molecule has 0 aliphatic carbocycles. The molecule has 1 heterocycles. The van der Waals surface area contributed by atoms with E-state index in [2.05, 4.69) is 46.7 Å². The normalized spacial score (nSPS) is 11.5. The number of aromatic nitrogens is 1. The summed E-state index contributed by atoms with van der Waals surface area (Å²) in [4.78, 5) is 8.77. The second kappa shape index (κ2) is 10.1. The lowest BCUT2D eigenvalue weighted by Crippen LogP contribution is -2.41. The van der Waals surface area contributed by atoms with Crippen LogP contribution in [0.4, 0.5) is 5.82 Å². The fourth-order valence-corrected chi connectivity index (χ4v) is 1.70. The molecule has 0 atom stereocenters. The molecular weight excluding hydrogens is 250 g/mol. The van der Waals surface area contributed by atoms with Crippen molar-refractivity contribution >= 4 is 11.8 Å². The number of hydrogen-bond donors (Lipinski definition) is 3. The predicted molar refractivity (Wildman–Crippen MR) is 86.2 cm³/mol. The van der Waals surface area contributed by atoms with E-state index in [1.54, 1.807) is 6.20 Å². The van der Waals surface area contributed by atoms with E-state index in [0.717, 1.165) is 44.3 Å². The number of aliphatic imine (C=N–C) groups is 1. The van der Waals surface area contributed by atoms with Crippen molar-refractivity contribution < 1.29 is 0 Å². The minimum atomic E-state index is 0.402. The topological polar surface area (TPSA) is 61.3 Å². The quantitative estimate of drug-likeness (QED) is 0.387. The third kappa shape index (κ3) is 7.61. The first-order valence-electron chi connectivity index (χ1n) is 7.42. The zero-order chi connectivity index (χ0) is 14.6. The summed E-state index contributed by atoms with van der Waals surface area (Å²) >= 11 is 0. The first-order chi connectivity index (χ1) is 9.72. The van der Waals surface area contributed by atoms with E-state index in [1.165, 1.54) is 0 Å². The smallest absolute Gasteiger partial charge is 0.191 e. The van der Waals surface area contributed by atoms with Crippen molar-refractivity contribution in [1.29, 1.82) is 0 Å². The zero-order valence-corrected chi connectivity index (χ0v) is 12.8. The molecule has 0 bridgehead atoms. The Morgan fingerprint density at radius 2 is 2.15 bits per heavy atom. The largest absolute Gasteiger partial charge is 0.370 e. The van der Waals surface area contributed by atoms with E-state index >= 15 is 0 Å². The van der Waals surface area contributed by atoms with Gasteiger partial charge in [0.05, 0.1) is 0 Å². The molecule has 0 aliphatic rings. The summed E-state index contributed by atoms with van der Waals surface area (Å²) in [5.74, 6) is 1.84. The Labute approximate surface area is 122 Å². The molecule has 0 unspecified atom stereocenters. The number of anilines is 1. The van der Waals surface area contributed by atoms with Crippen molar-refractivity contribution in [3.8, 4) is 0 Å². The molecule has 1 aromatic rings. The highest BCUT2D eigenvalue weighted by Gasteiger charge is 1.98. The van der Waals surface area contributed by atoms with Gasteiger partial charge < -0.3 is 16.0 Å². The van der Waals surface area contributed by atoms with Crippen LogP contribution in [-0.4, -0.2) is 36.6 Å². The van der Waals surface area contributed by atoms with Crippen LogP contribution in [0.15, 0.2) is 29.4 Å². The van der Waals surface area contributed by atoms with Crippen molar-refractivity contribution in [2.24, 2.45) is 4.99 Å². The van der Waals surface area contributed by atoms with Crippen LogP contribution in [0.5, 0.6) is 0 Å². The van der Waals surface area contributed by atoms with Gasteiger partial charge in [0, 0.05) is 31.9 Å². The Hall–Kier alpha value is -1.78. The van der Waals surface area contributed by atoms with E-state index in [9.17, 15) is 0 Å². The Morgan fingerprint density at radius 1 is 1.30 bits per heavy atom. The zero-order valence-electron chi connectivity index (χ0n) is 12.8. The third-order valence-corrected chi connectivity index (χ3v) is 2.60. The number of nitrogens with one attached hydrogen (secondary N) is 3. The minimum absolute atomic E-state index is 0.402. The lowest BCUT2D eigenvalue weighted by atomic mass is 10.3. The van der Waals surface area contributed by atoms with Gasteiger partial charge in [0.15, 0.2) is 5.96 Å². The van der Waals surface area contributed by atoms with Crippen LogP contribution >= 0.6 is 0 Å². The summed E-state index contributed by atoms with van der Waals surface area (Å²) in [7, 11) is 0. The molecular formula is C15H27N5. The van der Waals surface area contributed by atoms with Crippen LogP contribution in [0.3, 0.4) is 0 Å². The molecule has 5 heteroatoms. The van der Waals surface area contributed by atoms with Crippen LogP contribution in [0.25, 0.3) is 0 Å². The van der Waals surface area contributed by atoms with Gasteiger partial charge in [0.1, 0.15) is 5.82 Å². The van der Waals surface area contributed by atoms with Crippen molar-refractivity contribution in [2.45, 2.75) is 39.7 Å². The van der Waals surface area contributed by atoms with Crippen molar-refractivity contribution in [2.75, 3.05) is 25.0 Å². The van der Waals surface area contributed by atoms with E-state index in [0.29, 0.717) is 6.04 Å². The van der Waals surface area contributed by atoms with Crippen LogP contribution in [0.2, 0.25) is 0 Å². The van der Waals surface area contributed by atoms with Gasteiger partial charge in [-0.1, -0.05) is 6.07 Å². The molecule has 0 aromatic carbocycles. The van der Waals surface area contributed by atoms with Gasteiger partial charge in [-0.3, -0.25) is 4.99 Å². The van der Waals surface area contributed by atoms with Crippen molar-refractivity contribution in [3.63, 3.8) is 0 Å². The summed E-state index contributed by atoms with van der Waals surface area (Å²) in [5, 5.41) is 9.85. The number of nitrogens with zero attached hydrogens (tertiary/aromatic N) is 2. The van der Waals surface area contributed by atoms with E-state index in [4.69, 9.17) is 0 Å². The molecule has 0 aliphatic heterocycles. The Morgan fingerprint density at radius 3 is 2.80 bits per heavy atom. The van der Waals surface area contributed by atoms with Gasteiger partial charge in [0.2, 0.25) is 0 Å². The second-order valence-corrected chi connectivity index (χ2v) is 4.91. The maximum absolute atomic E-state index is 4.55. The molecule has 1 rings (SSSR count). The van der Waals surface area contributed by atoms with Gasteiger partial charge in [0.25, 0.3) is 0 Å². The van der Waals surface area contributed by atoms with Crippen LogP contribution in [-0.2, 0) is 0 Å². The molecule has 0 amide bonds. The van der Waals surface area contributed by atoms with Crippen LogP contribution in [0, 0.1) is 0 Å². The maximum atomic E-state index is 4.55. The molecule has 3 N–H and O–H groups in total. The highest BCUT2D eigenvalue weighted by molar-refractivity contribution is 5.79. The number of hydrogen-bond acceptors (Lipinski definition) is 3. The van der Waals surface area contributed by atoms with E-state index in [1.807, 2.05) is 18.2 Å². The summed E-state index contributed by atoms with van der Waals surface area (Å²) in [6.07, 6.45) is 3.95. The highest BCUT2D eigenvalue weighted by Crippen LogP contribution is 2.00. The number of guanidine groups is 1. The molecule has 0 fully saturated rings. The lowest BCUT2D eigenvalue weighted by Gasteiger charge is -2.13. The molecule has 5 nitrogen and oxygen atoms in total. The number of rotatable bonds is 8. The standard InChI is InChI=1S/C15H27N5/c1-4-16-15(20-13(2)3)19-12-8-7-11-18-14-9-5-6-10-17-14/h5-6,9-10,13H,4,7-8,11-12H2,1-3H3,(H,17,18)(H2,16,19,20). The van der Waals surface area contributed by atoms with Crippen molar-refractivity contribution in [1.82, 2.24) is 15.6 Å². The van der Waals surface area contributed by atoms with Gasteiger partial charge in [-0.15, -0.1) is 0 Å².